The predicted octanol–water partition coefficient (Wildman–Crippen LogP) is 5.42. The van der Waals surface area contributed by atoms with Crippen LogP contribution in [0.15, 0.2) is 66.0 Å². The Labute approximate surface area is 181 Å². The average Bonchev–Trinajstić information content (AvgIpc) is 3.38. The molecule has 8 heteroatoms. The lowest BCUT2D eigenvalue weighted by Gasteiger charge is -2.07. The largest absolute Gasteiger partial charge is 0.384 e. The van der Waals surface area contributed by atoms with Crippen LogP contribution in [0.25, 0.3) is 16.9 Å². The molecule has 0 radical (unpaired) electrons. The monoisotopic (exact) mass is 442 g/mol. The molecule has 0 saturated heterocycles. The van der Waals surface area contributed by atoms with Gasteiger partial charge in [0.15, 0.2) is 0 Å². The zero-order valence-electron chi connectivity index (χ0n) is 15.1. The van der Waals surface area contributed by atoms with Gasteiger partial charge in [0.2, 0.25) is 0 Å². The second-order valence-corrected chi connectivity index (χ2v) is 8.15. The summed E-state index contributed by atoms with van der Waals surface area (Å²) in [5.74, 6) is 0.343. The van der Waals surface area contributed by atoms with E-state index in [2.05, 4.69) is 10.4 Å². The summed E-state index contributed by atoms with van der Waals surface area (Å²) in [6.45, 7) is 0.511. The van der Waals surface area contributed by atoms with E-state index in [0.29, 0.717) is 33.7 Å². The number of carbonyl (C=O) groups excluding carboxylic acids is 1. The molecule has 0 bridgehead atoms. The Morgan fingerprint density at radius 1 is 1.07 bits per heavy atom. The van der Waals surface area contributed by atoms with Gasteiger partial charge in [0.1, 0.15) is 5.82 Å². The van der Waals surface area contributed by atoms with E-state index in [-0.39, 0.29) is 5.91 Å². The molecule has 1 amide bonds. The Kier molecular flexibility index (Phi) is 5.58. The molecule has 0 aliphatic heterocycles. The molecule has 29 heavy (non-hydrogen) atoms. The molecule has 146 valence electrons. The molecule has 0 aliphatic carbocycles. The number of thiophene rings is 1. The molecular formula is C21H16Cl2N4OS. The minimum atomic E-state index is -0.130. The number of hydrogen-bond acceptors (Lipinski definition) is 4. The van der Waals surface area contributed by atoms with Crippen molar-refractivity contribution in [1.29, 1.82) is 0 Å². The van der Waals surface area contributed by atoms with Gasteiger partial charge in [-0.05, 0) is 47.8 Å². The van der Waals surface area contributed by atoms with Gasteiger partial charge in [-0.2, -0.15) is 5.10 Å². The van der Waals surface area contributed by atoms with Crippen LogP contribution in [0.4, 0.5) is 5.82 Å². The average molecular weight is 443 g/mol. The zero-order chi connectivity index (χ0) is 20.4. The van der Waals surface area contributed by atoms with E-state index >= 15 is 0 Å². The van der Waals surface area contributed by atoms with Crippen molar-refractivity contribution in [3.8, 4) is 16.9 Å². The number of aromatic nitrogens is 2. The van der Waals surface area contributed by atoms with Gasteiger partial charge in [-0.15, -0.1) is 11.3 Å². The maximum atomic E-state index is 12.3. The highest BCUT2D eigenvalue weighted by Gasteiger charge is 2.12. The smallest absolute Gasteiger partial charge is 0.251 e. The van der Waals surface area contributed by atoms with Crippen molar-refractivity contribution in [3.63, 3.8) is 0 Å². The quantitative estimate of drug-likeness (QED) is 0.433. The summed E-state index contributed by atoms with van der Waals surface area (Å²) in [6, 6.07) is 18.1. The molecule has 0 saturated carbocycles. The molecular weight excluding hydrogens is 427 g/mol. The molecule has 2 aromatic heterocycles. The van der Waals surface area contributed by atoms with Crippen molar-refractivity contribution in [3.05, 3.63) is 86.5 Å². The Morgan fingerprint density at radius 3 is 2.55 bits per heavy atom. The van der Waals surface area contributed by atoms with Gasteiger partial charge in [0.05, 0.1) is 28.0 Å². The van der Waals surface area contributed by atoms with E-state index in [1.165, 1.54) is 0 Å². The lowest BCUT2D eigenvalue weighted by molar-refractivity contribution is 0.0951. The number of anilines is 1. The number of nitrogens with zero attached hydrogens (tertiary/aromatic N) is 2. The van der Waals surface area contributed by atoms with Gasteiger partial charge < -0.3 is 11.1 Å². The number of nitrogen functional groups attached to an aromatic ring is 1. The Balaban J connectivity index is 1.52. The third-order valence-corrected chi connectivity index (χ3v) is 5.95. The van der Waals surface area contributed by atoms with E-state index in [0.717, 1.165) is 16.1 Å². The Morgan fingerprint density at radius 2 is 1.86 bits per heavy atom. The van der Waals surface area contributed by atoms with Crippen LogP contribution in [0.1, 0.15) is 15.2 Å². The molecule has 2 aromatic carbocycles. The number of rotatable bonds is 5. The van der Waals surface area contributed by atoms with E-state index in [9.17, 15) is 4.79 Å². The first-order valence-corrected chi connectivity index (χ1v) is 10.4. The predicted molar refractivity (Wildman–Crippen MR) is 119 cm³/mol. The lowest BCUT2D eigenvalue weighted by atomic mass is 10.1. The SMILES string of the molecule is Nc1cc(-c2ccc(Cl)c(Cl)c2)nn1-c1ccc(C(=O)NCc2cccs2)cc1. The first kappa shape index (κ1) is 19.5. The van der Waals surface area contributed by atoms with Crippen LogP contribution in [0.3, 0.4) is 0 Å². The van der Waals surface area contributed by atoms with Crippen LogP contribution in [-0.2, 0) is 6.54 Å². The van der Waals surface area contributed by atoms with Crippen LogP contribution in [0.2, 0.25) is 10.0 Å². The molecule has 5 nitrogen and oxygen atoms in total. The summed E-state index contributed by atoms with van der Waals surface area (Å²) in [5.41, 5.74) is 8.96. The van der Waals surface area contributed by atoms with Crippen molar-refractivity contribution >= 4 is 46.3 Å². The molecule has 0 spiro atoms. The minimum Gasteiger partial charge on any atom is -0.384 e. The number of nitrogens with two attached hydrogens (primary N) is 1. The third-order valence-electron chi connectivity index (χ3n) is 4.33. The van der Waals surface area contributed by atoms with Crippen molar-refractivity contribution in [2.24, 2.45) is 0 Å². The van der Waals surface area contributed by atoms with Gasteiger partial charge in [0.25, 0.3) is 5.91 Å². The summed E-state index contributed by atoms with van der Waals surface area (Å²) in [4.78, 5) is 13.4. The van der Waals surface area contributed by atoms with Crippen molar-refractivity contribution in [2.75, 3.05) is 5.73 Å². The summed E-state index contributed by atoms with van der Waals surface area (Å²) < 4.78 is 1.62. The molecule has 2 heterocycles. The van der Waals surface area contributed by atoms with Gasteiger partial charge in [0, 0.05) is 22.1 Å². The Bertz CT molecular complexity index is 1150. The van der Waals surface area contributed by atoms with Crippen LogP contribution in [0, 0.1) is 0 Å². The number of carbonyl (C=O) groups is 1. The fourth-order valence-corrected chi connectivity index (χ4v) is 3.78. The van der Waals surface area contributed by atoms with Gasteiger partial charge in [-0.3, -0.25) is 4.79 Å². The second-order valence-electron chi connectivity index (χ2n) is 6.30. The van der Waals surface area contributed by atoms with Crippen LogP contribution < -0.4 is 11.1 Å². The maximum Gasteiger partial charge on any atom is 0.251 e. The first-order chi connectivity index (χ1) is 14.0. The van der Waals surface area contributed by atoms with Crippen molar-refractivity contribution in [2.45, 2.75) is 6.54 Å². The number of hydrogen-bond donors (Lipinski definition) is 2. The van der Waals surface area contributed by atoms with Gasteiger partial charge in [-0.25, -0.2) is 4.68 Å². The minimum absolute atomic E-state index is 0.130. The standard InChI is InChI=1S/C21H16Cl2N4OS/c22-17-8-5-14(10-18(17)23)19-11-20(24)27(26-19)15-6-3-13(4-7-15)21(28)25-12-16-2-1-9-29-16/h1-11H,12,24H2,(H,25,28). The highest BCUT2D eigenvalue weighted by atomic mass is 35.5. The third kappa shape index (κ3) is 4.29. The van der Waals surface area contributed by atoms with E-state index in [1.807, 2.05) is 35.7 Å². The van der Waals surface area contributed by atoms with Crippen molar-refractivity contribution < 1.29 is 4.79 Å². The molecule has 3 N–H and O–H groups in total. The first-order valence-electron chi connectivity index (χ1n) is 8.73. The van der Waals surface area contributed by atoms with Crippen LogP contribution in [0.5, 0.6) is 0 Å². The Hall–Kier alpha value is -2.80. The molecule has 0 unspecified atom stereocenters. The second kappa shape index (κ2) is 8.29. The molecule has 4 rings (SSSR count). The molecule has 0 fully saturated rings. The van der Waals surface area contributed by atoms with Crippen LogP contribution >= 0.6 is 34.5 Å². The van der Waals surface area contributed by atoms with Gasteiger partial charge in [-0.1, -0.05) is 35.3 Å². The number of amides is 1. The van der Waals surface area contributed by atoms with E-state index < -0.39 is 0 Å². The molecule has 0 atom stereocenters. The fourth-order valence-electron chi connectivity index (χ4n) is 2.84. The zero-order valence-corrected chi connectivity index (χ0v) is 17.4. The van der Waals surface area contributed by atoms with E-state index in [4.69, 9.17) is 28.9 Å². The highest BCUT2D eigenvalue weighted by molar-refractivity contribution is 7.09. The van der Waals surface area contributed by atoms with Crippen molar-refractivity contribution in [1.82, 2.24) is 15.1 Å². The van der Waals surface area contributed by atoms with Gasteiger partial charge >= 0.3 is 0 Å². The number of nitrogens with one attached hydrogen (secondary N) is 1. The normalized spacial score (nSPS) is 10.8. The lowest BCUT2D eigenvalue weighted by Crippen LogP contribution is -2.22. The maximum absolute atomic E-state index is 12.3. The van der Waals surface area contributed by atoms with E-state index in [1.54, 1.807) is 46.4 Å². The highest BCUT2D eigenvalue weighted by Crippen LogP contribution is 2.29. The number of benzene rings is 2. The summed E-state index contributed by atoms with van der Waals surface area (Å²) in [7, 11) is 0. The topological polar surface area (TPSA) is 72.9 Å². The molecule has 4 aromatic rings. The molecule has 0 aliphatic rings. The summed E-state index contributed by atoms with van der Waals surface area (Å²) >= 11 is 13.7. The summed E-state index contributed by atoms with van der Waals surface area (Å²) in [6.07, 6.45) is 0. The summed E-state index contributed by atoms with van der Waals surface area (Å²) in [5, 5.41) is 10.4. The van der Waals surface area contributed by atoms with Crippen LogP contribution in [-0.4, -0.2) is 15.7 Å². The number of halogens is 2. The fraction of sp³-hybridized carbons (Fsp3) is 0.0476.